The minimum Gasteiger partial charge on any atom is -0.491 e. The Morgan fingerprint density at radius 3 is 2.76 bits per heavy atom. The van der Waals surface area contributed by atoms with Gasteiger partial charge in [0.1, 0.15) is 5.75 Å². The summed E-state index contributed by atoms with van der Waals surface area (Å²) in [6.45, 7) is 6.65. The van der Waals surface area contributed by atoms with E-state index in [0.29, 0.717) is 13.2 Å². The summed E-state index contributed by atoms with van der Waals surface area (Å²) >= 11 is 0. The molecule has 0 spiro atoms. The van der Waals surface area contributed by atoms with E-state index in [1.54, 1.807) is 0 Å². The van der Waals surface area contributed by atoms with Gasteiger partial charge >= 0.3 is 5.97 Å². The topological polar surface area (TPSA) is 59.0 Å². The van der Waals surface area contributed by atoms with E-state index in [2.05, 4.69) is 4.90 Å². The first-order valence-electron chi connectivity index (χ1n) is 7.34. The van der Waals surface area contributed by atoms with Crippen molar-refractivity contribution < 1.29 is 19.4 Å². The summed E-state index contributed by atoms with van der Waals surface area (Å²) in [6.07, 6.45) is 0.282. The lowest BCUT2D eigenvalue weighted by atomic mass is 10.1. The van der Waals surface area contributed by atoms with E-state index >= 15 is 0 Å². The molecule has 0 aliphatic carbocycles. The van der Waals surface area contributed by atoms with Crippen LogP contribution in [-0.2, 0) is 16.1 Å². The van der Waals surface area contributed by atoms with Gasteiger partial charge in [0.25, 0.3) is 0 Å². The number of hydrogen-bond acceptors (Lipinski definition) is 4. The normalized spacial score (nSPS) is 19.7. The number of morpholine rings is 1. The zero-order chi connectivity index (χ0) is 15.2. The van der Waals surface area contributed by atoms with Crippen LogP contribution in [0.25, 0.3) is 0 Å². The van der Waals surface area contributed by atoms with E-state index in [-0.39, 0.29) is 18.6 Å². The lowest BCUT2D eigenvalue weighted by Gasteiger charge is -2.34. The third kappa shape index (κ3) is 5.02. The van der Waals surface area contributed by atoms with Crippen molar-refractivity contribution in [2.24, 2.45) is 0 Å². The number of carboxylic acid groups (broad SMARTS) is 1. The van der Waals surface area contributed by atoms with Crippen LogP contribution in [-0.4, -0.2) is 47.9 Å². The monoisotopic (exact) mass is 293 g/mol. The molecule has 1 unspecified atom stereocenters. The lowest BCUT2D eigenvalue weighted by molar-refractivity contribution is -0.140. The largest absolute Gasteiger partial charge is 0.491 e. The van der Waals surface area contributed by atoms with Crippen molar-refractivity contribution >= 4 is 5.97 Å². The molecule has 1 atom stereocenters. The van der Waals surface area contributed by atoms with E-state index < -0.39 is 5.97 Å². The number of aliphatic carboxylic acids is 1. The molecule has 1 saturated heterocycles. The molecule has 2 rings (SSSR count). The molecule has 116 valence electrons. The average molecular weight is 293 g/mol. The molecule has 5 nitrogen and oxygen atoms in total. The summed E-state index contributed by atoms with van der Waals surface area (Å²) in [5, 5.41) is 8.97. The predicted molar refractivity (Wildman–Crippen MR) is 79.5 cm³/mol. The molecule has 0 radical (unpaired) electrons. The molecule has 0 bridgehead atoms. The highest BCUT2D eigenvalue weighted by Gasteiger charge is 2.25. The minimum atomic E-state index is -0.781. The van der Waals surface area contributed by atoms with Gasteiger partial charge in [0, 0.05) is 19.1 Å². The summed E-state index contributed by atoms with van der Waals surface area (Å²) in [6, 6.07) is 7.93. The lowest BCUT2D eigenvalue weighted by Crippen LogP contribution is -2.45. The molecule has 0 saturated carbocycles. The minimum absolute atomic E-state index is 0.0529. The third-order valence-corrected chi connectivity index (χ3v) is 3.44. The van der Waals surface area contributed by atoms with Crippen LogP contribution >= 0.6 is 0 Å². The van der Waals surface area contributed by atoms with E-state index in [9.17, 15) is 4.79 Å². The smallest absolute Gasteiger partial charge is 0.305 e. The molecule has 5 heteroatoms. The number of carboxylic acids is 1. The van der Waals surface area contributed by atoms with Gasteiger partial charge in [-0.15, -0.1) is 0 Å². The van der Waals surface area contributed by atoms with Crippen LogP contribution in [0, 0.1) is 0 Å². The van der Waals surface area contributed by atoms with Gasteiger partial charge in [-0.2, -0.15) is 0 Å². The van der Waals surface area contributed by atoms with Gasteiger partial charge in [-0.1, -0.05) is 12.1 Å². The molecule has 0 amide bonds. The van der Waals surface area contributed by atoms with Crippen molar-refractivity contribution in [3.8, 4) is 5.75 Å². The Balaban J connectivity index is 1.96. The summed E-state index contributed by atoms with van der Waals surface area (Å²) < 4.78 is 11.0. The second-order valence-electron chi connectivity index (χ2n) is 5.61. The third-order valence-electron chi connectivity index (χ3n) is 3.44. The quantitative estimate of drug-likeness (QED) is 0.871. The van der Waals surface area contributed by atoms with Gasteiger partial charge in [-0.3, -0.25) is 9.69 Å². The Morgan fingerprint density at radius 1 is 1.43 bits per heavy atom. The van der Waals surface area contributed by atoms with Crippen LogP contribution in [0.1, 0.15) is 25.8 Å². The number of ether oxygens (including phenoxy) is 2. The Labute approximate surface area is 125 Å². The summed E-state index contributed by atoms with van der Waals surface area (Å²) in [7, 11) is 0. The molecular formula is C16H23NO4. The summed E-state index contributed by atoms with van der Waals surface area (Å²) in [5.41, 5.74) is 1.16. The van der Waals surface area contributed by atoms with E-state index in [4.69, 9.17) is 14.6 Å². The van der Waals surface area contributed by atoms with Crippen LogP contribution in [0.4, 0.5) is 0 Å². The molecule has 1 aliphatic rings. The highest BCUT2D eigenvalue weighted by atomic mass is 16.5. The first-order chi connectivity index (χ1) is 10.0. The maximum absolute atomic E-state index is 10.9. The summed E-state index contributed by atoms with van der Waals surface area (Å²) in [4.78, 5) is 13.1. The molecular weight excluding hydrogens is 270 g/mol. The first-order valence-corrected chi connectivity index (χ1v) is 7.34. The van der Waals surface area contributed by atoms with Gasteiger partial charge in [-0.25, -0.2) is 0 Å². The number of carbonyl (C=O) groups is 1. The molecule has 1 N–H and O–H groups in total. The Bertz CT molecular complexity index is 458. The van der Waals surface area contributed by atoms with Crippen LogP contribution in [0.15, 0.2) is 24.3 Å². The van der Waals surface area contributed by atoms with Crippen molar-refractivity contribution in [2.45, 2.75) is 39.0 Å². The van der Waals surface area contributed by atoms with Crippen LogP contribution in [0.3, 0.4) is 0 Å². The average Bonchev–Trinajstić information content (AvgIpc) is 2.42. The maximum Gasteiger partial charge on any atom is 0.305 e. The van der Waals surface area contributed by atoms with Crippen molar-refractivity contribution in [1.82, 2.24) is 4.90 Å². The maximum atomic E-state index is 10.9. The molecule has 0 aromatic heterocycles. The van der Waals surface area contributed by atoms with Gasteiger partial charge in [0.05, 0.1) is 25.7 Å². The summed E-state index contributed by atoms with van der Waals surface area (Å²) in [5.74, 6) is 0.0778. The second-order valence-corrected chi connectivity index (χ2v) is 5.61. The van der Waals surface area contributed by atoms with Crippen LogP contribution < -0.4 is 4.74 Å². The van der Waals surface area contributed by atoms with Crippen LogP contribution in [0.5, 0.6) is 5.75 Å². The van der Waals surface area contributed by atoms with E-state index in [1.165, 1.54) is 0 Å². The second kappa shape index (κ2) is 7.43. The fourth-order valence-corrected chi connectivity index (χ4v) is 2.47. The predicted octanol–water partition coefficient (Wildman–Crippen LogP) is 2.15. The Hall–Kier alpha value is -1.59. The van der Waals surface area contributed by atoms with Crippen LogP contribution in [0.2, 0.25) is 0 Å². The SMILES string of the molecule is CC(C)Oc1ccc(CN2CCOCC2CC(=O)O)cc1. The molecule has 1 heterocycles. The van der Waals surface area contributed by atoms with Gasteiger partial charge < -0.3 is 14.6 Å². The van der Waals surface area contributed by atoms with Crippen molar-refractivity contribution in [1.29, 1.82) is 0 Å². The molecule has 1 aromatic rings. The standard InChI is InChI=1S/C16H23NO4/c1-12(2)21-15-5-3-13(4-6-15)10-17-7-8-20-11-14(17)9-16(18)19/h3-6,12,14H,7-11H2,1-2H3,(H,18,19). The van der Waals surface area contributed by atoms with Gasteiger partial charge in [0.2, 0.25) is 0 Å². The number of hydrogen-bond donors (Lipinski definition) is 1. The van der Waals surface area contributed by atoms with E-state index in [1.807, 2.05) is 38.1 Å². The highest BCUT2D eigenvalue weighted by Crippen LogP contribution is 2.18. The van der Waals surface area contributed by atoms with Crippen molar-refractivity contribution in [3.05, 3.63) is 29.8 Å². The molecule has 1 aliphatic heterocycles. The molecule has 1 fully saturated rings. The van der Waals surface area contributed by atoms with Crippen molar-refractivity contribution in [2.75, 3.05) is 19.8 Å². The number of nitrogens with zero attached hydrogens (tertiary/aromatic N) is 1. The zero-order valence-electron chi connectivity index (χ0n) is 12.6. The Morgan fingerprint density at radius 2 is 2.14 bits per heavy atom. The molecule has 21 heavy (non-hydrogen) atoms. The van der Waals surface area contributed by atoms with Gasteiger partial charge in [-0.05, 0) is 31.5 Å². The van der Waals surface area contributed by atoms with Crippen molar-refractivity contribution in [3.63, 3.8) is 0 Å². The first kappa shape index (κ1) is 15.8. The zero-order valence-corrected chi connectivity index (χ0v) is 12.6. The fourth-order valence-electron chi connectivity index (χ4n) is 2.47. The highest BCUT2D eigenvalue weighted by molar-refractivity contribution is 5.67. The number of rotatable bonds is 6. The Kier molecular flexibility index (Phi) is 5.59. The number of benzene rings is 1. The van der Waals surface area contributed by atoms with Gasteiger partial charge in [0.15, 0.2) is 0 Å². The van der Waals surface area contributed by atoms with E-state index in [0.717, 1.165) is 24.4 Å². The fraction of sp³-hybridized carbons (Fsp3) is 0.562. The molecule has 1 aromatic carbocycles.